The Hall–Kier alpha value is -3.67. The normalized spacial score (nSPS) is 12.3. The van der Waals surface area contributed by atoms with Crippen LogP contribution in [0.25, 0.3) is 38.8 Å². The molecule has 39 heavy (non-hydrogen) atoms. The van der Waals surface area contributed by atoms with Crippen LogP contribution < -0.4 is 48.9 Å². The van der Waals surface area contributed by atoms with Crippen LogP contribution in [0.5, 0.6) is 17.2 Å². The molecule has 0 bridgehead atoms. The summed E-state index contributed by atoms with van der Waals surface area (Å²) in [5.41, 5.74) is 3.15. The standard InChI is InChI=1S/C27H21F3N2O6.Na/c1-14-24(25-21-10-7-17(35-3)13-23(21)38-31-25)20-9-8-19(37-27(28,29)30)12-22(20)32(14)16-5-4-6-18(11-16)36-15(2)26(33)34;/h4-13,15H,1-3H3,(H,33,34);/q;+1/p-1/t15-;/m0./s1. The Morgan fingerprint density at radius 3 is 2.44 bits per heavy atom. The molecule has 0 radical (unpaired) electrons. The predicted molar refractivity (Wildman–Crippen MR) is 129 cm³/mol. The molecule has 1 atom stereocenters. The molecule has 0 aliphatic heterocycles. The summed E-state index contributed by atoms with van der Waals surface area (Å²) in [6, 6.07) is 15.8. The maximum atomic E-state index is 13.0. The van der Waals surface area contributed by atoms with Crippen molar-refractivity contribution in [3.05, 3.63) is 66.4 Å². The molecule has 0 saturated heterocycles. The molecule has 0 aliphatic rings. The Balaban J connectivity index is 0.00000353. The summed E-state index contributed by atoms with van der Waals surface area (Å²) in [5, 5.41) is 16.7. The fourth-order valence-corrected chi connectivity index (χ4v) is 4.40. The summed E-state index contributed by atoms with van der Waals surface area (Å²) in [7, 11) is 1.53. The van der Waals surface area contributed by atoms with E-state index in [0.29, 0.717) is 50.3 Å². The predicted octanol–water partition coefficient (Wildman–Crippen LogP) is 2.18. The van der Waals surface area contributed by atoms with Gasteiger partial charge < -0.3 is 33.2 Å². The number of methoxy groups -OCH3 is 1. The van der Waals surface area contributed by atoms with Gasteiger partial charge in [0, 0.05) is 40.5 Å². The molecule has 5 rings (SSSR count). The second kappa shape index (κ2) is 10.8. The van der Waals surface area contributed by atoms with Gasteiger partial charge >= 0.3 is 35.9 Å². The third-order valence-electron chi connectivity index (χ3n) is 6.05. The minimum atomic E-state index is -4.88. The quantitative estimate of drug-likeness (QED) is 0.288. The van der Waals surface area contributed by atoms with Gasteiger partial charge in [-0.1, -0.05) is 11.2 Å². The molecule has 3 aromatic carbocycles. The first-order chi connectivity index (χ1) is 18.1. The maximum absolute atomic E-state index is 13.0. The van der Waals surface area contributed by atoms with Crippen LogP contribution in [0.3, 0.4) is 0 Å². The van der Waals surface area contributed by atoms with Crippen LogP contribution in [-0.2, 0) is 4.79 Å². The molecule has 0 unspecified atom stereocenters. The Morgan fingerprint density at radius 2 is 1.74 bits per heavy atom. The van der Waals surface area contributed by atoms with Gasteiger partial charge in [0.15, 0.2) is 5.58 Å². The number of carboxylic acid groups (broad SMARTS) is 1. The zero-order valence-corrected chi connectivity index (χ0v) is 23.3. The third kappa shape index (κ3) is 5.56. The number of carbonyl (C=O) groups excluding carboxylic acids is 1. The third-order valence-corrected chi connectivity index (χ3v) is 6.05. The molecule has 5 aromatic rings. The van der Waals surface area contributed by atoms with Crippen LogP contribution in [-0.4, -0.2) is 35.3 Å². The fourth-order valence-electron chi connectivity index (χ4n) is 4.40. The summed E-state index contributed by atoms with van der Waals surface area (Å²) >= 11 is 0. The summed E-state index contributed by atoms with van der Waals surface area (Å²) in [5.74, 6) is -0.966. The number of halogens is 3. The first kappa shape index (κ1) is 28.3. The van der Waals surface area contributed by atoms with Crippen molar-refractivity contribution >= 4 is 27.8 Å². The molecule has 196 valence electrons. The van der Waals surface area contributed by atoms with Crippen molar-refractivity contribution in [2.45, 2.75) is 26.3 Å². The number of benzene rings is 3. The van der Waals surface area contributed by atoms with E-state index in [1.807, 2.05) is 0 Å². The Labute approximate surface area is 242 Å². The van der Waals surface area contributed by atoms with Crippen LogP contribution in [0.4, 0.5) is 13.2 Å². The second-order valence-electron chi connectivity index (χ2n) is 8.49. The number of hydrogen-bond donors (Lipinski definition) is 0. The first-order valence-corrected chi connectivity index (χ1v) is 11.4. The van der Waals surface area contributed by atoms with Gasteiger partial charge in [-0.05, 0) is 50.2 Å². The minimum absolute atomic E-state index is 0. The number of ether oxygens (including phenoxy) is 3. The average Bonchev–Trinajstić information content (AvgIpc) is 3.39. The van der Waals surface area contributed by atoms with Crippen molar-refractivity contribution in [1.82, 2.24) is 9.72 Å². The molecule has 0 N–H and O–H groups in total. The number of carbonyl (C=O) groups is 1. The first-order valence-electron chi connectivity index (χ1n) is 11.4. The van der Waals surface area contributed by atoms with E-state index < -0.39 is 24.2 Å². The van der Waals surface area contributed by atoms with Crippen LogP contribution in [0.2, 0.25) is 0 Å². The number of carboxylic acids is 1. The van der Waals surface area contributed by atoms with E-state index in [9.17, 15) is 23.1 Å². The van der Waals surface area contributed by atoms with Crippen LogP contribution >= 0.6 is 0 Å². The number of hydrogen-bond acceptors (Lipinski definition) is 7. The zero-order valence-electron chi connectivity index (χ0n) is 21.3. The van der Waals surface area contributed by atoms with Crippen molar-refractivity contribution in [2.75, 3.05) is 7.11 Å². The number of nitrogens with zero attached hydrogens (tertiary/aromatic N) is 2. The Morgan fingerprint density at radius 1 is 1.03 bits per heavy atom. The molecular weight excluding hydrogens is 528 g/mol. The van der Waals surface area contributed by atoms with Crippen LogP contribution in [0.15, 0.2) is 65.2 Å². The van der Waals surface area contributed by atoms with Crippen molar-refractivity contribution in [2.24, 2.45) is 0 Å². The summed E-state index contributed by atoms with van der Waals surface area (Å²) in [6.45, 7) is 3.13. The molecule has 8 nitrogen and oxygen atoms in total. The molecule has 0 fully saturated rings. The van der Waals surface area contributed by atoms with E-state index in [2.05, 4.69) is 9.89 Å². The smallest absolute Gasteiger partial charge is 0.546 e. The fraction of sp³-hybridized carbons (Fsp3) is 0.185. The molecule has 2 aromatic heterocycles. The van der Waals surface area contributed by atoms with Crippen molar-refractivity contribution in [1.29, 1.82) is 0 Å². The Bertz CT molecular complexity index is 1680. The summed E-state index contributed by atoms with van der Waals surface area (Å²) < 4.78 is 61.2. The molecule has 0 saturated carbocycles. The molecular formula is C27H20F3N2NaO6. The van der Waals surface area contributed by atoms with Crippen molar-refractivity contribution < 1.29 is 71.4 Å². The number of alkyl halides is 3. The molecule has 0 amide bonds. The Kier molecular flexibility index (Phi) is 7.87. The van der Waals surface area contributed by atoms with Crippen LogP contribution in [0, 0.1) is 6.92 Å². The number of aliphatic carboxylic acids is 1. The van der Waals surface area contributed by atoms with Gasteiger partial charge in [-0.3, -0.25) is 0 Å². The summed E-state index contributed by atoms with van der Waals surface area (Å²) in [6.07, 6.45) is -6.09. The topological polar surface area (TPSA) is 98.8 Å². The van der Waals surface area contributed by atoms with E-state index in [4.69, 9.17) is 14.0 Å². The monoisotopic (exact) mass is 548 g/mol. The van der Waals surface area contributed by atoms with E-state index in [1.165, 1.54) is 32.2 Å². The van der Waals surface area contributed by atoms with Gasteiger partial charge in [0.25, 0.3) is 0 Å². The van der Waals surface area contributed by atoms with Gasteiger partial charge in [0.05, 0.1) is 24.0 Å². The zero-order chi connectivity index (χ0) is 27.2. The average molecular weight is 548 g/mol. The van der Waals surface area contributed by atoms with E-state index in [-0.39, 0.29) is 35.3 Å². The van der Waals surface area contributed by atoms with Gasteiger partial charge in [-0.2, -0.15) is 0 Å². The SMILES string of the molecule is COc1ccc2c(-c3c(C)n(-c4cccc(O[C@@H](C)C(=O)[O-])c4)c4cc(OC(F)(F)F)ccc34)noc2c1.[Na+]. The number of rotatable bonds is 7. The number of fused-ring (bicyclic) bond motifs is 2. The van der Waals surface area contributed by atoms with Gasteiger partial charge in [-0.25, -0.2) is 0 Å². The van der Waals surface area contributed by atoms with Gasteiger partial charge in [-0.15, -0.1) is 13.2 Å². The van der Waals surface area contributed by atoms with E-state index >= 15 is 0 Å². The van der Waals surface area contributed by atoms with E-state index in [1.54, 1.807) is 54.0 Å². The molecule has 2 heterocycles. The van der Waals surface area contributed by atoms with Gasteiger partial charge in [0.1, 0.15) is 29.0 Å². The van der Waals surface area contributed by atoms with E-state index in [0.717, 1.165) is 0 Å². The molecule has 0 aliphatic carbocycles. The van der Waals surface area contributed by atoms with Gasteiger partial charge in [0.2, 0.25) is 0 Å². The maximum Gasteiger partial charge on any atom is 1.00 e. The minimum Gasteiger partial charge on any atom is -0.546 e. The van der Waals surface area contributed by atoms with Crippen molar-refractivity contribution in [3.8, 4) is 34.2 Å². The largest absolute Gasteiger partial charge is 1.00 e. The second-order valence-corrected chi connectivity index (χ2v) is 8.49. The van der Waals surface area contributed by atoms with Crippen LogP contribution in [0.1, 0.15) is 12.6 Å². The van der Waals surface area contributed by atoms with Crippen molar-refractivity contribution in [3.63, 3.8) is 0 Å². The molecule has 12 heteroatoms. The molecule has 0 spiro atoms. The number of aromatic nitrogens is 2. The summed E-state index contributed by atoms with van der Waals surface area (Å²) in [4.78, 5) is 11.2.